The molecule has 8 heteroatoms. The number of carboxylic acids is 2. The van der Waals surface area contributed by atoms with E-state index < -0.39 is 24.5 Å². The van der Waals surface area contributed by atoms with E-state index in [1.165, 1.54) is 12.8 Å². The fraction of sp³-hybridized carbons (Fsp3) is 0.643. The van der Waals surface area contributed by atoms with Gasteiger partial charge in [-0.05, 0) is 12.8 Å². The third-order valence-electron chi connectivity index (χ3n) is 2.92. The van der Waals surface area contributed by atoms with E-state index in [0.29, 0.717) is 0 Å². The topological polar surface area (TPSA) is 139 Å². The minimum Gasteiger partial charge on any atom is -0.481 e. The molecule has 126 valence electrons. The maximum atomic E-state index is 9.72. The van der Waals surface area contributed by atoms with Crippen LogP contribution in [-0.2, 0) is 16.1 Å². The first-order valence-electron chi connectivity index (χ1n) is 7.22. The second kappa shape index (κ2) is 10.7. The molecule has 2 atom stereocenters. The summed E-state index contributed by atoms with van der Waals surface area (Å²) in [6, 6.07) is 0.0897. The Hall–Kier alpha value is -1.93. The molecule has 0 amide bonds. The Morgan fingerprint density at radius 2 is 2.00 bits per heavy atom. The van der Waals surface area contributed by atoms with Crippen molar-refractivity contribution >= 4 is 11.9 Å². The molecule has 22 heavy (non-hydrogen) atoms. The molecule has 1 rings (SSSR count). The zero-order valence-electron chi connectivity index (χ0n) is 13.0. The van der Waals surface area contributed by atoms with Gasteiger partial charge in [-0.15, -0.1) is 0 Å². The number of aliphatic hydroxyl groups excluding tert-OH is 1. The molecule has 0 aliphatic heterocycles. The van der Waals surface area contributed by atoms with Crippen LogP contribution < -0.4 is 5.73 Å². The predicted octanol–water partition coefficient (Wildman–Crippen LogP) is 1.000. The second-order valence-electron chi connectivity index (χ2n) is 4.80. The first-order valence-corrected chi connectivity index (χ1v) is 7.22. The van der Waals surface area contributed by atoms with Crippen LogP contribution in [0.4, 0.5) is 0 Å². The smallest absolute Gasteiger partial charge is 0.333 e. The summed E-state index contributed by atoms with van der Waals surface area (Å²) in [4.78, 5) is 23.7. The van der Waals surface area contributed by atoms with Gasteiger partial charge in [0.2, 0.25) is 0 Å². The van der Waals surface area contributed by atoms with Crippen LogP contribution in [0, 0.1) is 0 Å². The van der Waals surface area contributed by atoms with E-state index in [0.717, 1.165) is 18.8 Å². The zero-order chi connectivity index (χ0) is 17.1. The van der Waals surface area contributed by atoms with Gasteiger partial charge in [0.05, 0.1) is 12.5 Å². The summed E-state index contributed by atoms with van der Waals surface area (Å²) in [6.07, 6.45) is 4.65. The summed E-state index contributed by atoms with van der Waals surface area (Å²) in [5.74, 6) is -1.82. The monoisotopic (exact) mass is 315 g/mol. The van der Waals surface area contributed by atoms with Crippen LogP contribution >= 0.6 is 0 Å². The number of aromatic nitrogens is 2. The molecule has 5 N–H and O–H groups in total. The van der Waals surface area contributed by atoms with Crippen LogP contribution in [0.1, 0.15) is 51.4 Å². The van der Waals surface area contributed by atoms with E-state index in [-0.39, 0.29) is 6.04 Å². The molecular formula is C14H25N3O5. The summed E-state index contributed by atoms with van der Waals surface area (Å²) in [5.41, 5.74) is 5.93. The molecule has 2 unspecified atom stereocenters. The van der Waals surface area contributed by atoms with Crippen LogP contribution in [0.15, 0.2) is 12.4 Å². The lowest BCUT2D eigenvalue weighted by molar-refractivity contribution is -0.152. The number of rotatable bonds is 8. The molecular weight excluding hydrogens is 290 g/mol. The van der Waals surface area contributed by atoms with Gasteiger partial charge in [-0.25, -0.2) is 9.78 Å². The van der Waals surface area contributed by atoms with Crippen molar-refractivity contribution in [2.75, 3.05) is 0 Å². The minimum absolute atomic E-state index is 0.0897. The van der Waals surface area contributed by atoms with E-state index in [4.69, 9.17) is 21.1 Å². The lowest BCUT2D eigenvalue weighted by atomic mass is 10.2. The number of imidazole rings is 1. The van der Waals surface area contributed by atoms with E-state index in [2.05, 4.69) is 23.4 Å². The largest absolute Gasteiger partial charge is 0.481 e. The van der Waals surface area contributed by atoms with Gasteiger partial charge in [0.25, 0.3) is 0 Å². The zero-order valence-corrected chi connectivity index (χ0v) is 13.0. The number of nitrogens with zero attached hydrogens (tertiary/aromatic N) is 2. The summed E-state index contributed by atoms with van der Waals surface area (Å²) in [5, 5.41) is 24.1. The van der Waals surface area contributed by atoms with Gasteiger partial charge in [0.1, 0.15) is 5.82 Å². The van der Waals surface area contributed by atoms with Crippen molar-refractivity contribution in [1.29, 1.82) is 0 Å². The van der Waals surface area contributed by atoms with Crippen LogP contribution in [0.25, 0.3) is 0 Å². The van der Waals surface area contributed by atoms with Gasteiger partial charge in [-0.3, -0.25) is 4.79 Å². The highest BCUT2D eigenvalue weighted by molar-refractivity contribution is 5.79. The molecule has 0 fully saturated rings. The van der Waals surface area contributed by atoms with Crippen LogP contribution in [0.2, 0.25) is 0 Å². The second-order valence-corrected chi connectivity index (χ2v) is 4.80. The number of aryl methyl sites for hydroxylation is 1. The molecule has 0 radical (unpaired) electrons. The summed E-state index contributed by atoms with van der Waals surface area (Å²) in [6.45, 7) is 5.32. The van der Waals surface area contributed by atoms with Crippen LogP contribution in [-0.4, -0.2) is 42.9 Å². The number of aliphatic carboxylic acids is 2. The molecule has 0 aromatic carbocycles. The van der Waals surface area contributed by atoms with E-state index in [9.17, 15) is 9.59 Å². The highest BCUT2D eigenvalue weighted by atomic mass is 16.4. The standard InChI is InChI=1S/C10H19N3.C4H6O5/c1-3-5-7-13-8-6-12-10(13)9(11)4-2;5-2(4(8)9)1-3(6)7/h6,8-9H,3-5,7,11H2,1-2H3;2,5H,1H2,(H,6,7)(H,8,9). The Balaban J connectivity index is 0.000000433. The number of hydrogen-bond donors (Lipinski definition) is 4. The number of nitrogens with two attached hydrogens (primary N) is 1. The van der Waals surface area contributed by atoms with Gasteiger partial charge in [-0.1, -0.05) is 20.3 Å². The van der Waals surface area contributed by atoms with Crippen molar-refractivity contribution in [1.82, 2.24) is 9.55 Å². The Morgan fingerprint density at radius 1 is 1.36 bits per heavy atom. The van der Waals surface area contributed by atoms with Gasteiger partial charge in [-0.2, -0.15) is 0 Å². The average molecular weight is 315 g/mol. The highest BCUT2D eigenvalue weighted by Gasteiger charge is 2.16. The highest BCUT2D eigenvalue weighted by Crippen LogP contribution is 2.11. The first-order chi connectivity index (χ1) is 10.3. The number of carbonyl (C=O) groups is 2. The van der Waals surface area contributed by atoms with E-state index >= 15 is 0 Å². The van der Waals surface area contributed by atoms with E-state index in [1.807, 2.05) is 12.4 Å². The summed E-state index contributed by atoms with van der Waals surface area (Å²) >= 11 is 0. The van der Waals surface area contributed by atoms with Crippen molar-refractivity contribution in [3.63, 3.8) is 0 Å². The third-order valence-corrected chi connectivity index (χ3v) is 2.92. The number of unbranched alkanes of at least 4 members (excludes halogenated alkanes) is 1. The predicted molar refractivity (Wildman–Crippen MR) is 80.2 cm³/mol. The van der Waals surface area contributed by atoms with Crippen molar-refractivity contribution in [3.05, 3.63) is 18.2 Å². The van der Waals surface area contributed by atoms with Gasteiger partial charge in [0.15, 0.2) is 6.10 Å². The maximum Gasteiger partial charge on any atom is 0.333 e. The summed E-state index contributed by atoms with van der Waals surface area (Å²) in [7, 11) is 0. The van der Waals surface area contributed by atoms with Crippen molar-refractivity contribution < 1.29 is 24.9 Å². The van der Waals surface area contributed by atoms with Gasteiger partial charge < -0.3 is 25.6 Å². The lowest BCUT2D eigenvalue weighted by Gasteiger charge is -2.11. The first kappa shape index (κ1) is 20.1. The van der Waals surface area contributed by atoms with Crippen LogP contribution in [0.5, 0.6) is 0 Å². The molecule has 8 nitrogen and oxygen atoms in total. The lowest BCUT2D eigenvalue weighted by Crippen LogP contribution is -2.22. The minimum atomic E-state index is -1.79. The molecule has 0 aliphatic carbocycles. The fourth-order valence-corrected chi connectivity index (χ4v) is 1.60. The molecule has 0 saturated carbocycles. The number of hydrogen-bond acceptors (Lipinski definition) is 5. The molecule has 1 heterocycles. The third kappa shape index (κ3) is 7.75. The van der Waals surface area contributed by atoms with Crippen molar-refractivity contribution in [2.45, 2.75) is 58.2 Å². The van der Waals surface area contributed by atoms with Crippen molar-refractivity contribution in [2.24, 2.45) is 5.73 Å². The number of carboxylic acid groups (broad SMARTS) is 2. The van der Waals surface area contributed by atoms with E-state index in [1.54, 1.807) is 0 Å². The molecule has 1 aromatic heterocycles. The Morgan fingerprint density at radius 3 is 2.41 bits per heavy atom. The molecule has 0 bridgehead atoms. The fourth-order valence-electron chi connectivity index (χ4n) is 1.60. The van der Waals surface area contributed by atoms with Gasteiger partial charge >= 0.3 is 11.9 Å². The molecule has 0 aliphatic rings. The molecule has 0 spiro atoms. The summed E-state index contributed by atoms with van der Waals surface area (Å²) < 4.78 is 2.16. The Labute approximate surface area is 129 Å². The quantitative estimate of drug-likeness (QED) is 0.561. The van der Waals surface area contributed by atoms with Crippen LogP contribution in [0.3, 0.4) is 0 Å². The molecule has 1 aromatic rings. The van der Waals surface area contributed by atoms with Gasteiger partial charge in [0, 0.05) is 18.9 Å². The normalized spacial score (nSPS) is 12.9. The van der Waals surface area contributed by atoms with Crippen molar-refractivity contribution in [3.8, 4) is 0 Å². The SMILES string of the molecule is CCCCn1ccnc1C(N)CC.O=C(O)CC(O)C(=O)O. The maximum absolute atomic E-state index is 9.72. The Bertz CT molecular complexity index is 461. The Kier molecular flexibility index (Phi) is 9.80. The number of aliphatic hydroxyl groups is 1. The average Bonchev–Trinajstić information content (AvgIpc) is 2.92. The molecule has 0 saturated heterocycles.